The minimum absolute atomic E-state index is 0.0278. The summed E-state index contributed by atoms with van der Waals surface area (Å²) in [5.74, 6) is 0.562. The van der Waals surface area contributed by atoms with Crippen molar-refractivity contribution in [3.05, 3.63) is 35.8 Å². The van der Waals surface area contributed by atoms with Gasteiger partial charge in [-0.15, -0.1) is 0 Å². The van der Waals surface area contributed by atoms with Crippen LogP contribution < -0.4 is 10.6 Å². The summed E-state index contributed by atoms with van der Waals surface area (Å²) >= 11 is 0. The molecule has 29 heavy (non-hydrogen) atoms. The van der Waals surface area contributed by atoms with Crippen LogP contribution in [0.2, 0.25) is 0 Å². The lowest BCUT2D eigenvalue weighted by Crippen LogP contribution is -2.44. The first-order valence-corrected chi connectivity index (χ1v) is 9.96. The SMILES string of the molecule is CN=C(NCCc1c[nH]c2ccc(F)cc12)N1CCC(NC(=O)OC(C)(C)C)C1. The molecule has 3 rings (SSSR count). The number of carbonyl (C=O) groups excluding carboxylic acids is 1. The van der Waals surface area contributed by atoms with Gasteiger partial charge in [-0.05, 0) is 57.4 Å². The van der Waals surface area contributed by atoms with Crippen molar-refractivity contribution in [2.75, 3.05) is 26.7 Å². The highest BCUT2D eigenvalue weighted by atomic mass is 19.1. The van der Waals surface area contributed by atoms with Gasteiger partial charge in [0.05, 0.1) is 6.04 Å². The van der Waals surface area contributed by atoms with Gasteiger partial charge in [-0.2, -0.15) is 0 Å². The zero-order valence-electron chi connectivity index (χ0n) is 17.5. The van der Waals surface area contributed by atoms with E-state index >= 15 is 0 Å². The molecule has 1 aromatic heterocycles. The number of nitrogens with zero attached hydrogens (tertiary/aromatic N) is 2. The van der Waals surface area contributed by atoms with Gasteiger partial charge in [-0.1, -0.05) is 0 Å². The predicted molar refractivity (Wildman–Crippen MR) is 113 cm³/mol. The number of aromatic nitrogens is 1. The molecule has 1 aliphatic rings. The van der Waals surface area contributed by atoms with Crippen LogP contribution in [0.5, 0.6) is 0 Å². The third-order valence-corrected chi connectivity index (χ3v) is 4.83. The number of hydrogen-bond donors (Lipinski definition) is 3. The Balaban J connectivity index is 1.49. The molecule has 1 amide bonds. The summed E-state index contributed by atoms with van der Waals surface area (Å²) in [5, 5.41) is 7.20. The lowest BCUT2D eigenvalue weighted by atomic mass is 10.1. The van der Waals surface area contributed by atoms with Gasteiger partial charge in [0.15, 0.2) is 5.96 Å². The maximum Gasteiger partial charge on any atom is 0.407 e. The highest BCUT2D eigenvalue weighted by molar-refractivity contribution is 5.83. The Morgan fingerprint density at radius 3 is 2.93 bits per heavy atom. The summed E-state index contributed by atoms with van der Waals surface area (Å²) in [4.78, 5) is 21.6. The van der Waals surface area contributed by atoms with E-state index < -0.39 is 5.60 Å². The highest BCUT2D eigenvalue weighted by Crippen LogP contribution is 2.19. The standard InChI is InChI=1S/C21H30FN5O2/c1-21(2,3)29-20(28)26-16-8-10-27(13-16)19(23-4)24-9-7-14-12-25-18-6-5-15(22)11-17(14)18/h5-6,11-12,16,25H,7-10,13H2,1-4H3,(H,23,24)(H,26,28). The number of ether oxygens (including phenoxy) is 1. The zero-order valence-corrected chi connectivity index (χ0v) is 17.5. The van der Waals surface area contributed by atoms with E-state index in [1.807, 2.05) is 27.0 Å². The topological polar surface area (TPSA) is 81.8 Å². The average Bonchev–Trinajstić information content (AvgIpc) is 3.24. The molecule has 7 nitrogen and oxygen atoms in total. The molecule has 0 bridgehead atoms. The van der Waals surface area contributed by atoms with Crippen molar-refractivity contribution in [2.24, 2.45) is 4.99 Å². The number of nitrogens with one attached hydrogen (secondary N) is 3. The molecule has 1 atom stereocenters. The molecular weight excluding hydrogens is 373 g/mol. The summed E-state index contributed by atoms with van der Waals surface area (Å²) in [6.07, 6.45) is 3.11. The average molecular weight is 404 g/mol. The summed E-state index contributed by atoms with van der Waals surface area (Å²) in [5.41, 5.74) is 1.49. The number of fused-ring (bicyclic) bond motifs is 1. The first kappa shape index (κ1) is 21.0. The number of H-pyrrole nitrogens is 1. The number of rotatable bonds is 4. The third kappa shape index (κ3) is 5.62. The van der Waals surface area contributed by atoms with Crippen LogP contribution in [0.3, 0.4) is 0 Å². The second-order valence-electron chi connectivity index (χ2n) is 8.31. The minimum Gasteiger partial charge on any atom is -0.444 e. The van der Waals surface area contributed by atoms with E-state index in [0.29, 0.717) is 13.1 Å². The number of alkyl carbamates (subject to hydrolysis) is 1. The van der Waals surface area contributed by atoms with Gasteiger partial charge in [0, 0.05) is 43.8 Å². The van der Waals surface area contributed by atoms with E-state index in [4.69, 9.17) is 4.74 Å². The van der Waals surface area contributed by atoms with Crippen LogP contribution in [0.4, 0.5) is 9.18 Å². The van der Waals surface area contributed by atoms with E-state index in [1.54, 1.807) is 19.2 Å². The number of aliphatic imine (C=N–C) groups is 1. The number of carbonyl (C=O) groups is 1. The Kier molecular flexibility index (Phi) is 6.30. The summed E-state index contributed by atoms with van der Waals surface area (Å²) in [6, 6.07) is 4.80. The van der Waals surface area contributed by atoms with Crippen molar-refractivity contribution >= 4 is 23.0 Å². The van der Waals surface area contributed by atoms with Crippen LogP contribution in [0, 0.1) is 5.82 Å². The fourth-order valence-corrected chi connectivity index (χ4v) is 3.54. The maximum absolute atomic E-state index is 13.5. The monoisotopic (exact) mass is 403 g/mol. The fraction of sp³-hybridized carbons (Fsp3) is 0.524. The van der Waals surface area contributed by atoms with E-state index in [1.165, 1.54) is 6.07 Å². The molecule has 3 N–H and O–H groups in total. The quantitative estimate of drug-likeness (QED) is 0.541. The smallest absolute Gasteiger partial charge is 0.407 e. The molecule has 1 unspecified atom stereocenters. The van der Waals surface area contributed by atoms with Crippen LogP contribution in [0.1, 0.15) is 32.8 Å². The van der Waals surface area contributed by atoms with Crippen molar-refractivity contribution in [2.45, 2.75) is 45.3 Å². The molecular formula is C21H30FN5O2. The third-order valence-electron chi connectivity index (χ3n) is 4.83. The summed E-state index contributed by atoms with van der Waals surface area (Å²) in [6.45, 7) is 7.70. The Labute approximate surface area is 170 Å². The molecule has 0 spiro atoms. The predicted octanol–water partition coefficient (Wildman–Crippen LogP) is 3.02. The molecule has 0 aliphatic carbocycles. The lowest BCUT2D eigenvalue weighted by Gasteiger charge is -2.23. The van der Waals surface area contributed by atoms with E-state index in [0.717, 1.165) is 41.8 Å². The Hall–Kier alpha value is -2.77. The highest BCUT2D eigenvalue weighted by Gasteiger charge is 2.27. The van der Waals surface area contributed by atoms with Crippen LogP contribution in [-0.2, 0) is 11.2 Å². The molecule has 0 radical (unpaired) electrons. The second kappa shape index (κ2) is 8.71. The Morgan fingerprint density at radius 2 is 2.21 bits per heavy atom. The van der Waals surface area contributed by atoms with Crippen LogP contribution in [-0.4, -0.2) is 60.3 Å². The van der Waals surface area contributed by atoms with Gasteiger partial charge < -0.3 is 25.3 Å². The summed E-state index contributed by atoms with van der Waals surface area (Å²) in [7, 11) is 1.75. The molecule has 1 aliphatic heterocycles. The Bertz CT molecular complexity index is 887. The van der Waals surface area contributed by atoms with E-state index in [9.17, 15) is 9.18 Å². The van der Waals surface area contributed by atoms with Crippen LogP contribution in [0.25, 0.3) is 10.9 Å². The number of benzene rings is 1. The van der Waals surface area contributed by atoms with Gasteiger partial charge in [-0.3, -0.25) is 4.99 Å². The first-order chi connectivity index (χ1) is 13.7. The molecule has 2 heterocycles. The van der Waals surface area contributed by atoms with E-state index in [2.05, 4.69) is 25.5 Å². The van der Waals surface area contributed by atoms with Crippen LogP contribution in [0.15, 0.2) is 29.4 Å². The van der Waals surface area contributed by atoms with Crippen molar-refractivity contribution < 1.29 is 13.9 Å². The lowest BCUT2D eigenvalue weighted by molar-refractivity contribution is 0.0507. The largest absolute Gasteiger partial charge is 0.444 e. The molecule has 1 saturated heterocycles. The number of aromatic amines is 1. The maximum atomic E-state index is 13.5. The minimum atomic E-state index is -0.509. The summed E-state index contributed by atoms with van der Waals surface area (Å²) < 4.78 is 18.9. The van der Waals surface area contributed by atoms with Crippen molar-refractivity contribution in [1.29, 1.82) is 0 Å². The van der Waals surface area contributed by atoms with Crippen LogP contribution >= 0.6 is 0 Å². The Morgan fingerprint density at radius 1 is 1.41 bits per heavy atom. The molecule has 158 valence electrons. The van der Waals surface area contributed by atoms with Gasteiger partial charge in [0.25, 0.3) is 0 Å². The van der Waals surface area contributed by atoms with Crippen molar-refractivity contribution in [1.82, 2.24) is 20.5 Å². The zero-order chi connectivity index (χ0) is 21.0. The van der Waals surface area contributed by atoms with Gasteiger partial charge >= 0.3 is 6.09 Å². The van der Waals surface area contributed by atoms with Gasteiger partial charge in [0.2, 0.25) is 0 Å². The van der Waals surface area contributed by atoms with Crippen molar-refractivity contribution in [3.63, 3.8) is 0 Å². The molecule has 1 fully saturated rings. The molecule has 1 aromatic carbocycles. The number of amides is 1. The number of likely N-dealkylation sites (tertiary alicyclic amines) is 1. The molecule has 2 aromatic rings. The van der Waals surface area contributed by atoms with Gasteiger partial charge in [0.1, 0.15) is 11.4 Å². The van der Waals surface area contributed by atoms with Gasteiger partial charge in [-0.25, -0.2) is 9.18 Å². The first-order valence-electron chi connectivity index (χ1n) is 9.96. The fourth-order valence-electron chi connectivity index (χ4n) is 3.54. The number of hydrogen-bond acceptors (Lipinski definition) is 3. The normalized spacial score (nSPS) is 17.6. The van der Waals surface area contributed by atoms with E-state index in [-0.39, 0.29) is 18.0 Å². The number of halogens is 1. The second-order valence-corrected chi connectivity index (χ2v) is 8.31. The molecule has 0 saturated carbocycles. The van der Waals surface area contributed by atoms with Crippen molar-refractivity contribution in [3.8, 4) is 0 Å². The molecule has 8 heteroatoms. The number of guanidine groups is 1.